The molecule has 1 spiro atoms. The van der Waals surface area contributed by atoms with Crippen LogP contribution in [-0.2, 0) is 14.3 Å². The summed E-state index contributed by atoms with van der Waals surface area (Å²) in [6, 6.07) is 0. The Labute approximate surface area is 151 Å². The van der Waals surface area contributed by atoms with E-state index < -0.39 is 0 Å². The summed E-state index contributed by atoms with van der Waals surface area (Å²) in [5.41, 5.74) is 2.19. The third-order valence-corrected chi connectivity index (χ3v) is 9.16. The molecular weight excluding hydrogens is 312 g/mol. The molecule has 1 saturated heterocycles. The van der Waals surface area contributed by atoms with Crippen molar-refractivity contribution in [3.8, 4) is 0 Å². The molecule has 4 aliphatic carbocycles. The second kappa shape index (κ2) is 5.42. The van der Waals surface area contributed by atoms with E-state index in [0.29, 0.717) is 11.3 Å². The number of carbonyl (C=O) groups is 1. The summed E-state index contributed by atoms with van der Waals surface area (Å²) in [6.45, 7) is 6.44. The highest BCUT2D eigenvalue weighted by Gasteiger charge is 2.60. The quantitative estimate of drug-likeness (QED) is 0.519. The second-order valence-corrected chi connectivity index (χ2v) is 9.91. The monoisotopic (exact) mass is 344 g/mol. The summed E-state index contributed by atoms with van der Waals surface area (Å²) < 4.78 is 12.0. The highest BCUT2D eigenvalue weighted by molar-refractivity contribution is 5.56. The Morgan fingerprint density at radius 3 is 2.60 bits per heavy atom. The van der Waals surface area contributed by atoms with Crippen LogP contribution in [0.15, 0.2) is 11.6 Å². The fourth-order valence-corrected chi connectivity index (χ4v) is 7.61. The van der Waals surface area contributed by atoms with Crippen LogP contribution in [0.5, 0.6) is 0 Å². The number of allylic oxidation sites excluding steroid dienone is 1. The van der Waals surface area contributed by atoms with Crippen LogP contribution in [0.25, 0.3) is 0 Å². The molecule has 6 atom stereocenters. The molecule has 3 saturated carbocycles. The van der Waals surface area contributed by atoms with Crippen LogP contribution >= 0.6 is 0 Å². The lowest BCUT2D eigenvalue weighted by atomic mass is 9.47. The minimum Gasteiger partial charge on any atom is -0.347 e. The zero-order valence-electron chi connectivity index (χ0n) is 15.8. The Kier molecular flexibility index (Phi) is 3.58. The van der Waals surface area contributed by atoms with E-state index in [2.05, 4.69) is 19.9 Å². The highest BCUT2D eigenvalue weighted by Crippen LogP contribution is 2.66. The van der Waals surface area contributed by atoms with Gasteiger partial charge in [0.05, 0.1) is 13.2 Å². The molecule has 138 valence electrons. The van der Waals surface area contributed by atoms with Crippen molar-refractivity contribution in [1.29, 1.82) is 0 Å². The fraction of sp³-hybridized carbons (Fsp3) is 0.864. The maximum absolute atomic E-state index is 11.6. The average Bonchev–Trinajstić information content (AvgIpc) is 3.19. The van der Waals surface area contributed by atoms with E-state index in [9.17, 15) is 4.79 Å². The van der Waals surface area contributed by atoms with E-state index in [4.69, 9.17) is 9.47 Å². The molecule has 0 aromatic carbocycles. The molecule has 0 radical (unpaired) electrons. The first-order valence-corrected chi connectivity index (χ1v) is 10.4. The van der Waals surface area contributed by atoms with Gasteiger partial charge in [0.1, 0.15) is 6.29 Å². The molecule has 1 heterocycles. The molecule has 1 aliphatic heterocycles. The third kappa shape index (κ3) is 2.15. The Morgan fingerprint density at radius 2 is 1.84 bits per heavy atom. The summed E-state index contributed by atoms with van der Waals surface area (Å²) in [4.78, 5) is 11.6. The number of carbonyl (C=O) groups excluding carboxylic acids is 1. The fourth-order valence-electron chi connectivity index (χ4n) is 7.61. The van der Waals surface area contributed by atoms with E-state index in [0.717, 1.165) is 50.2 Å². The van der Waals surface area contributed by atoms with Crippen LogP contribution in [0, 0.1) is 34.5 Å². The van der Waals surface area contributed by atoms with Crippen molar-refractivity contribution in [3.05, 3.63) is 11.6 Å². The van der Waals surface area contributed by atoms with Crippen molar-refractivity contribution in [1.82, 2.24) is 0 Å². The predicted molar refractivity (Wildman–Crippen MR) is 95.9 cm³/mol. The van der Waals surface area contributed by atoms with Crippen LogP contribution in [0.2, 0.25) is 0 Å². The second-order valence-electron chi connectivity index (χ2n) is 9.91. The number of rotatable bonds is 1. The van der Waals surface area contributed by atoms with Crippen LogP contribution < -0.4 is 0 Å². The molecule has 5 rings (SSSR count). The molecule has 0 aromatic rings. The van der Waals surface area contributed by atoms with Gasteiger partial charge in [0, 0.05) is 18.8 Å². The lowest BCUT2D eigenvalue weighted by molar-refractivity contribution is -0.185. The molecule has 0 N–H and O–H groups in total. The van der Waals surface area contributed by atoms with E-state index in [1.54, 1.807) is 5.57 Å². The van der Waals surface area contributed by atoms with E-state index in [1.165, 1.54) is 38.4 Å². The van der Waals surface area contributed by atoms with Crippen molar-refractivity contribution in [3.63, 3.8) is 0 Å². The first-order chi connectivity index (χ1) is 12.0. The van der Waals surface area contributed by atoms with Crippen molar-refractivity contribution >= 4 is 6.29 Å². The number of hydrogen-bond acceptors (Lipinski definition) is 3. The van der Waals surface area contributed by atoms with E-state index in [-0.39, 0.29) is 11.2 Å². The Morgan fingerprint density at radius 1 is 1.04 bits per heavy atom. The van der Waals surface area contributed by atoms with Crippen LogP contribution in [0.3, 0.4) is 0 Å². The minimum atomic E-state index is -0.308. The van der Waals surface area contributed by atoms with Gasteiger partial charge in [-0.25, -0.2) is 0 Å². The largest absolute Gasteiger partial charge is 0.347 e. The third-order valence-electron chi connectivity index (χ3n) is 9.16. The topological polar surface area (TPSA) is 35.5 Å². The summed E-state index contributed by atoms with van der Waals surface area (Å²) in [5.74, 6) is 2.29. The predicted octanol–water partition coefficient (Wildman–Crippen LogP) is 4.51. The maximum Gasteiger partial charge on any atom is 0.172 e. The Hall–Kier alpha value is -0.670. The molecular formula is C22H32O3. The number of hydrogen-bond donors (Lipinski definition) is 0. The van der Waals surface area contributed by atoms with Gasteiger partial charge in [-0.05, 0) is 67.1 Å². The van der Waals surface area contributed by atoms with Gasteiger partial charge in [-0.1, -0.05) is 25.5 Å². The molecule has 3 nitrogen and oxygen atoms in total. The molecule has 25 heavy (non-hydrogen) atoms. The Bertz CT molecular complexity index is 604. The first kappa shape index (κ1) is 16.5. The lowest BCUT2D eigenvalue weighted by Crippen LogP contribution is -2.52. The van der Waals surface area contributed by atoms with Crippen molar-refractivity contribution < 1.29 is 14.3 Å². The molecule has 0 bridgehead atoms. The van der Waals surface area contributed by atoms with E-state index in [1.807, 2.05) is 0 Å². The molecule has 3 heteroatoms. The van der Waals surface area contributed by atoms with Gasteiger partial charge in [-0.3, -0.25) is 0 Å². The normalized spacial score (nSPS) is 50.7. The van der Waals surface area contributed by atoms with Gasteiger partial charge in [-0.15, -0.1) is 0 Å². The molecule has 0 amide bonds. The van der Waals surface area contributed by atoms with Crippen LogP contribution in [-0.4, -0.2) is 25.3 Å². The van der Waals surface area contributed by atoms with Gasteiger partial charge in [-0.2, -0.15) is 0 Å². The lowest BCUT2D eigenvalue weighted by Gasteiger charge is -2.58. The van der Waals surface area contributed by atoms with Crippen molar-refractivity contribution in [2.75, 3.05) is 13.2 Å². The smallest absolute Gasteiger partial charge is 0.172 e. The van der Waals surface area contributed by atoms with Gasteiger partial charge in [0.2, 0.25) is 0 Å². The van der Waals surface area contributed by atoms with Gasteiger partial charge < -0.3 is 14.3 Å². The minimum absolute atomic E-state index is 0.262. The Balaban J connectivity index is 1.45. The van der Waals surface area contributed by atoms with Gasteiger partial charge in [0.25, 0.3) is 0 Å². The molecule has 5 aliphatic rings. The highest BCUT2D eigenvalue weighted by atomic mass is 16.7. The molecule has 4 fully saturated rings. The summed E-state index contributed by atoms with van der Waals surface area (Å²) in [6.07, 6.45) is 13.2. The van der Waals surface area contributed by atoms with Gasteiger partial charge >= 0.3 is 0 Å². The summed E-state index contributed by atoms with van der Waals surface area (Å²) >= 11 is 0. The molecule has 0 unspecified atom stereocenters. The SMILES string of the molecule is C[C@]12CC[C@H]3[C@@H](CC=C4CC5(CC[C@@]43C)OCCO5)[C@@H]1CC[C@@H]2C=O. The maximum atomic E-state index is 11.6. The van der Waals surface area contributed by atoms with Crippen molar-refractivity contribution in [2.45, 2.75) is 71.0 Å². The zero-order chi connectivity index (χ0) is 17.3. The standard InChI is InChI=1S/C22H32O3/c1-20-8-7-19-17(18(20)6-4-16(20)14-23)5-3-15-13-22(24-11-12-25-22)10-9-21(15,19)2/h3,14,16-19H,4-13H2,1-2H3/t16-,17+,18+,19+,20-,21+/m1/s1. The van der Waals surface area contributed by atoms with Gasteiger partial charge in [0.15, 0.2) is 5.79 Å². The number of ether oxygens (including phenoxy) is 2. The molecule has 0 aromatic heterocycles. The summed E-state index contributed by atoms with van der Waals surface area (Å²) in [7, 11) is 0. The van der Waals surface area contributed by atoms with E-state index >= 15 is 0 Å². The first-order valence-electron chi connectivity index (χ1n) is 10.4. The van der Waals surface area contributed by atoms with Crippen molar-refractivity contribution in [2.24, 2.45) is 34.5 Å². The zero-order valence-corrected chi connectivity index (χ0v) is 15.8. The van der Waals surface area contributed by atoms with Crippen LogP contribution in [0.4, 0.5) is 0 Å². The average molecular weight is 344 g/mol. The number of aldehydes is 1. The number of fused-ring (bicyclic) bond motifs is 5. The summed E-state index contributed by atoms with van der Waals surface area (Å²) in [5, 5.41) is 0. The van der Waals surface area contributed by atoms with Crippen LogP contribution in [0.1, 0.15) is 65.2 Å².